The summed E-state index contributed by atoms with van der Waals surface area (Å²) in [4.78, 5) is 0.997. The minimum absolute atomic E-state index is 0.410. The van der Waals surface area contributed by atoms with Gasteiger partial charge in [0.25, 0.3) is 0 Å². The zero-order valence-corrected chi connectivity index (χ0v) is 8.63. The highest BCUT2D eigenvalue weighted by molar-refractivity contribution is 7.95. The van der Waals surface area contributed by atoms with Gasteiger partial charge in [-0.1, -0.05) is 24.3 Å². The monoisotopic (exact) mass is 208 g/mol. The van der Waals surface area contributed by atoms with E-state index in [0.29, 0.717) is 16.2 Å². The lowest BCUT2D eigenvalue weighted by atomic mass is 10.4. The van der Waals surface area contributed by atoms with Crippen LogP contribution in [0, 0.1) is 0 Å². The Morgan fingerprint density at radius 1 is 1.07 bits per heavy atom. The van der Waals surface area contributed by atoms with Gasteiger partial charge < -0.3 is 0 Å². The van der Waals surface area contributed by atoms with E-state index < -0.39 is 9.84 Å². The van der Waals surface area contributed by atoms with Crippen molar-refractivity contribution in [2.75, 3.05) is 0 Å². The molecule has 1 aliphatic rings. The minimum atomic E-state index is -3.18. The minimum Gasteiger partial charge on any atom is -0.219 e. The van der Waals surface area contributed by atoms with Crippen LogP contribution < -0.4 is 0 Å². The molecule has 0 N–H and O–H groups in total. The molecule has 1 aliphatic carbocycles. The lowest BCUT2D eigenvalue weighted by Gasteiger charge is -2.03. The van der Waals surface area contributed by atoms with E-state index in [1.54, 1.807) is 24.3 Å². The standard InChI is InChI=1S/C11H12O2S/c12-14(13,11-8-4-5-9-11)10-6-2-1-3-7-10/h1-3,6-8H,4-5,9H2. The van der Waals surface area contributed by atoms with Gasteiger partial charge in [0.2, 0.25) is 9.84 Å². The van der Waals surface area contributed by atoms with E-state index in [1.807, 2.05) is 12.1 Å². The van der Waals surface area contributed by atoms with E-state index in [1.165, 1.54) is 0 Å². The normalized spacial score (nSPS) is 16.7. The third-order valence-electron chi connectivity index (χ3n) is 2.40. The van der Waals surface area contributed by atoms with E-state index in [-0.39, 0.29) is 0 Å². The van der Waals surface area contributed by atoms with Crippen molar-refractivity contribution in [2.45, 2.75) is 24.2 Å². The number of rotatable bonds is 2. The van der Waals surface area contributed by atoms with E-state index >= 15 is 0 Å². The van der Waals surface area contributed by atoms with Crippen molar-refractivity contribution in [2.24, 2.45) is 0 Å². The first-order chi connectivity index (χ1) is 6.71. The maximum absolute atomic E-state index is 12.0. The van der Waals surface area contributed by atoms with Gasteiger partial charge in [0.1, 0.15) is 0 Å². The summed E-state index contributed by atoms with van der Waals surface area (Å²) >= 11 is 0. The summed E-state index contributed by atoms with van der Waals surface area (Å²) in [6, 6.07) is 8.62. The molecule has 0 saturated heterocycles. The smallest absolute Gasteiger partial charge is 0.202 e. The zero-order valence-electron chi connectivity index (χ0n) is 7.81. The van der Waals surface area contributed by atoms with Crippen LogP contribution >= 0.6 is 0 Å². The predicted octanol–water partition coefficient (Wildman–Crippen LogP) is 2.53. The van der Waals surface area contributed by atoms with Gasteiger partial charge in [-0.15, -0.1) is 0 Å². The SMILES string of the molecule is O=S(=O)(C1=CCCC1)c1ccccc1. The lowest BCUT2D eigenvalue weighted by molar-refractivity contribution is 0.600. The first-order valence-corrected chi connectivity index (χ1v) is 6.19. The lowest BCUT2D eigenvalue weighted by Crippen LogP contribution is -2.02. The molecule has 1 aromatic rings. The number of benzene rings is 1. The summed E-state index contributed by atoms with van der Waals surface area (Å²) in [7, 11) is -3.18. The Hall–Kier alpha value is -1.09. The average molecular weight is 208 g/mol. The molecular weight excluding hydrogens is 196 g/mol. The molecule has 0 radical (unpaired) electrons. The van der Waals surface area contributed by atoms with Crippen LogP contribution in [-0.2, 0) is 9.84 Å². The largest absolute Gasteiger partial charge is 0.219 e. The Balaban J connectivity index is 2.43. The Bertz CT molecular complexity index is 443. The number of allylic oxidation sites excluding steroid dienone is 2. The molecule has 0 fully saturated rings. The fraction of sp³-hybridized carbons (Fsp3) is 0.273. The highest BCUT2D eigenvalue weighted by Crippen LogP contribution is 2.28. The molecule has 74 valence electrons. The third kappa shape index (κ3) is 1.60. The quantitative estimate of drug-likeness (QED) is 0.748. The number of hydrogen-bond acceptors (Lipinski definition) is 2. The second kappa shape index (κ2) is 3.58. The van der Waals surface area contributed by atoms with Crippen molar-refractivity contribution in [3.05, 3.63) is 41.3 Å². The molecule has 0 bridgehead atoms. The molecule has 14 heavy (non-hydrogen) atoms. The second-order valence-electron chi connectivity index (χ2n) is 3.38. The molecule has 2 rings (SSSR count). The molecule has 0 aromatic heterocycles. The Morgan fingerprint density at radius 2 is 1.79 bits per heavy atom. The first kappa shape index (κ1) is 9.46. The highest BCUT2D eigenvalue weighted by atomic mass is 32.2. The van der Waals surface area contributed by atoms with Crippen molar-refractivity contribution < 1.29 is 8.42 Å². The molecule has 2 nitrogen and oxygen atoms in total. The van der Waals surface area contributed by atoms with Crippen molar-refractivity contribution in [1.82, 2.24) is 0 Å². The molecule has 0 heterocycles. The van der Waals surface area contributed by atoms with Gasteiger partial charge in [-0.3, -0.25) is 0 Å². The fourth-order valence-corrected chi connectivity index (χ4v) is 3.21. The zero-order chi connectivity index (χ0) is 10.0. The Labute approximate surface area is 84.2 Å². The molecule has 3 heteroatoms. The number of sulfone groups is 1. The summed E-state index contributed by atoms with van der Waals surface area (Å²) < 4.78 is 23.9. The van der Waals surface area contributed by atoms with Crippen LogP contribution in [0.25, 0.3) is 0 Å². The first-order valence-electron chi connectivity index (χ1n) is 4.70. The van der Waals surface area contributed by atoms with E-state index in [4.69, 9.17) is 0 Å². The fourth-order valence-electron chi connectivity index (χ4n) is 1.64. The molecule has 1 aromatic carbocycles. The Kier molecular flexibility index (Phi) is 2.42. The summed E-state index contributed by atoms with van der Waals surface area (Å²) in [5.74, 6) is 0. The molecular formula is C11H12O2S. The highest BCUT2D eigenvalue weighted by Gasteiger charge is 2.21. The van der Waals surface area contributed by atoms with Crippen LogP contribution in [0.1, 0.15) is 19.3 Å². The molecule has 0 amide bonds. The van der Waals surface area contributed by atoms with Crippen LogP contribution in [0.2, 0.25) is 0 Å². The van der Waals surface area contributed by atoms with Crippen molar-refractivity contribution in [3.63, 3.8) is 0 Å². The van der Waals surface area contributed by atoms with Gasteiger partial charge >= 0.3 is 0 Å². The van der Waals surface area contributed by atoms with Gasteiger partial charge in [-0.2, -0.15) is 0 Å². The van der Waals surface area contributed by atoms with Crippen LogP contribution in [0.15, 0.2) is 46.2 Å². The second-order valence-corrected chi connectivity index (χ2v) is 5.38. The molecule has 0 atom stereocenters. The van der Waals surface area contributed by atoms with Gasteiger partial charge in [-0.05, 0) is 31.4 Å². The van der Waals surface area contributed by atoms with Crippen LogP contribution in [-0.4, -0.2) is 8.42 Å². The van der Waals surface area contributed by atoms with E-state index in [0.717, 1.165) is 12.8 Å². The van der Waals surface area contributed by atoms with Gasteiger partial charge in [-0.25, -0.2) is 8.42 Å². The van der Waals surface area contributed by atoms with Gasteiger partial charge in [0, 0.05) is 4.91 Å². The molecule has 0 saturated carbocycles. The molecule has 0 spiro atoms. The number of hydrogen-bond donors (Lipinski definition) is 0. The maximum Gasteiger partial charge on any atom is 0.202 e. The van der Waals surface area contributed by atoms with Crippen molar-refractivity contribution in [1.29, 1.82) is 0 Å². The van der Waals surface area contributed by atoms with Gasteiger partial charge in [0.05, 0.1) is 4.90 Å². The predicted molar refractivity (Wildman–Crippen MR) is 55.6 cm³/mol. The van der Waals surface area contributed by atoms with Crippen LogP contribution in [0.4, 0.5) is 0 Å². The van der Waals surface area contributed by atoms with Crippen LogP contribution in [0.5, 0.6) is 0 Å². The molecule has 0 unspecified atom stereocenters. The van der Waals surface area contributed by atoms with E-state index in [2.05, 4.69) is 0 Å². The summed E-state index contributed by atoms with van der Waals surface area (Å²) in [6.45, 7) is 0. The Morgan fingerprint density at radius 3 is 2.36 bits per heavy atom. The van der Waals surface area contributed by atoms with Crippen molar-refractivity contribution >= 4 is 9.84 Å². The third-order valence-corrected chi connectivity index (χ3v) is 4.35. The summed E-state index contributed by atoms with van der Waals surface area (Å²) in [6.07, 6.45) is 4.38. The summed E-state index contributed by atoms with van der Waals surface area (Å²) in [5, 5.41) is 0. The van der Waals surface area contributed by atoms with E-state index in [9.17, 15) is 8.42 Å². The topological polar surface area (TPSA) is 34.1 Å². The van der Waals surface area contributed by atoms with Crippen molar-refractivity contribution in [3.8, 4) is 0 Å². The maximum atomic E-state index is 12.0. The average Bonchev–Trinajstić information content (AvgIpc) is 2.72. The van der Waals surface area contributed by atoms with Gasteiger partial charge in [0.15, 0.2) is 0 Å². The molecule has 0 aliphatic heterocycles. The summed E-state index contributed by atoms with van der Waals surface area (Å²) in [5.41, 5.74) is 0. The van der Waals surface area contributed by atoms with Crippen LogP contribution in [0.3, 0.4) is 0 Å².